The highest BCUT2D eigenvalue weighted by atomic mass is 32.1. The van der Waals surface area contributed by atoms with Crippen molar-refractivity contribution >= 4 is 34.9 Å². The number of aromatic nitrogens is 2. The third-order valence-corrected chi connectivity index (χ3v) is 8.33. The summed E-state index contributed by atoms with van der Waals surface area (Å²) in [6.07, 6.45) is 8.67. The van der Waals surface area contributed by atoms with Crippen molar-refractivity contribution in [3.8, 4) is 0 Å². The molecule has 35 heavy (non-hydrogen) atoms. The summed E-state index contributed by atoms with van der Waals surface area (Å²) in [5, 5.41) is 7.48. The van der Waals surface area contributed by atoms with Gasteiger partial charge in [-0.05, 0) is 61.7 Å². The molecule has 0 amide bonds. The van der Waals surface area contributed by atoms with Gasteiger partial charge in [0, 0.05) is 44.2 Å². The molecule has 1 aromatic heterocycles. The van der Waals surface area contributed by atoms with Crippen LogP contribution in [0.4, 0.5) is 17.6 Å². The molecule has 2 N–H and O–H groups in total. The minimum atomic E-state index is 0.149. The second-order valence-corrected chi connectivity index (χ2v) is 11.5. The van der Waals surface area contributed by atoms with Gasteiger partial charge in [-0.1, -0.05) is 57.0 Å². The first kappa shape index (κ1) is 24.3. The van der Waals surface area contributed by atoms with E-state index in [2.05, 4.69) is 70.7 Å². The van der Waals surface area contributed by atoms with E-state index < -0.39 is 0 Å². The Kier molecular flexibility index (Phi) is 7.42. The Morgan fingerprint density at radius 3 is 2.23 bits per heavy atom. The Hall–Kier alpha value is -2.41. The van der Waals surface area contributed by atoms with E-state index in [9.17, 15) is 0 Å². The second-order valence-electron chi connectivity index (χ2n) is 11.1. The summed E-state index contributed by atoms with van der Waals surface area (Å²) in [4.78, 5) is 14.7. The van der Waals surface area contributed by atoms with Crippen LogP contribution in [0.25, 0.3) is 0 Å². The van der Waals surface area contributed by atoms with E-state index in [1.807, 2.05) is 0 Å². The van der Waals surface area contributed by atoms with Gasteiger partial charge in [0.1, 0.15) is 11.6 Å². The quantitative estimate of drug-likeness (QED) is 0.527. The molecule has 3 aliphatic rings. The molecule has 0 spiro atoms. The molecular formula is C28H40N6S. The Morgan fingerprint density at radius 1 is 0.943 bits per heavy atom. The molecule has 2 unspecified atom stereocenters. The summed E-state index contributed by atoms with van der Waals surface area (Å²) in [5.41, 5.74) is 1.56. The molecule has 2 aliphatic heterocycles. The molecule has 5 rings (SSSR count). The first-order chi connectivity index (χ1) is 17.0. The zero-order valence-electron chi connectivity index (χ0n) is 21.3. The number of nitrogens with zero attached hydrogens (tertiary/aromatic N) is 4. The highest BCUT2D eigenvalue weighted by Gasteiger charge is 2.35. The van der Waals surface area contributed by atoms with Gasteiger partial charge in [-0.2, -0.15) is 9.97 Å². The summed E-state index contributed by atoms with van der Waals surface area (Å²) in [7, 11) is 0. The van der Waals surface area contributed by atoms with E-state index in [1.54, 1.807) is 0 Å². The van der Waals surface area contributed by atoms with Crippen LogP contribution in [-0.4, -0.2) is 47.8 Å². The summed E-state index contributed by atoms with van der Waals surface area (Å²) >= 11 is 5.76. The third kappa shape index (κ3) is 5.71. The van der Waals surface area contributed by atoms with Crippen molar-refractivity contribution in [3.63, 3.8) is 0 Å². The number of nitrogens with one attached hydrogen (secondary N) is 2. The van der Waals surface area contributed by atoms with Gasteiger partial charge in [0.05, 0.1) is 0 Å². The van der Waals surface area contributed by atoms with E-state index in [0.717, 1.165) is 44.4 Å². The molecule has 2 atom stereocenters. The lowest BCUT2D eigenvalue weighted by atomic mass is 9.79. The molecule has 1 saturated carbocycles. The number of anilines is 3. The molecule has 0 bridgehead atoms. The fourth-order valence-corrected chi connectivity index (χ4v) is 6.57. The normalized spacial score (nSPS) is 23.9. The van der Waals surface area contributed by atoms with Crippen molar-refractivity contribution in [2.45, 2.75) is 64.2 Å². The Balaban J connectivity index is 1.32. The fourth-order valence-electron chi connectivity index (χ4n) is 6.40. The molecule has 1 aliphatic carbocycles. The second kappa shape index (κ2) is 10.7. The van der Waals surface area contributed by atoms with Crippen LogP contribution in [0.5, 0.6) is 0 Å². The number of piperidine rings is 1. The predicted octanol–water partition coefficient (Wildman–Crippen LogP) is 5.36. The molecule has 188 valence electrons. The van der Waals surface area contributed by atoms with Gasteiger partial charge in [-0.25, -0.2) is 0 Å². The molecule has 3 fully saturated rings. The highest BCUT2D eigenvalue weighted by molar-refractivity contribution is 7.80. The lowest BCUT2D eigenvalue weighted by molar-refractivity contribution is 0.355. The van der Waals surface area contributed by atoms with Gasteiger partial charge >= 0.3 is 0 Å². The molecule has 7 heteroatoms. The average Bonchev–Trinajstić information content (AvgIpc) is 3.56. The monoisotopic (exact) mass is 492 g/mol. The number of rotatable bonds is 6. The minimum absolute atomic E-state index is 0.149. The minimum Gasteiger partial charge on any atom is -0.361 e. The van der Waals surface area contributed by atoms with Crippen LogP contribution in [-0.2, 0) is 5.41 Å². The van der Waals surface area contributed by atoms with Crippen LogP contribution in [0, 0.1) is 11.8 Å². The van der Waals surface area contributed by atoms with Gasteiger partial charge in [0.2, 0.25) is 5.95 Å². The largest absolute Gasteiger partial charge is 0.361 e. The summed E-state index contributed by atoms with van der Waals surface area (Å²) in [6.45, 7) is 9.73. The lowest BCUT2D eigenvalue weighted by Crippen LogP contribution is -2.41. The van der Waals surface area contributed by atoms with Crippen LogP contribution in [0.3, 0.4) is 0 Å². The van der Waals surface area contributed by atoms with Gasteiger partial charge in [-0.3, -0.25) is 0 Å². The maximum absolute atomic E-state index is 5.76. The summed E-state index contributed by atoms with van der Waals surface area (Å²) in [5.74, 6) is 3.97. The highest BCUT2D eigenvalue weighted by Crippen LogP contribution is 2.40. The Morgan fingerprint density at radius 2 is 1.57 bits per heavy atom. The molecular weight excluding hydrogens is 452 g/mol. The van der Waals surface area contributed by atoms with Crippen LogP contribution in [0.1, 0.15) is 64.4 Å². The molecule has 3 heterocycles. The van der Waals surface area contributed by atoms with Crippen molar-refractivity contribution < 1.29 is 0 Å². The maximum Gasteiger partial charge on any atom is 0.232 e. The van der Waals surface area contributed by atoms with Crippen molar-refractivity contribution in [2.75, 3.05) is 47.8 Å². The molecule has 0 radical (unpaired) electrons. The van der Waals surface area contributed by atoms with E-state index in [-0.39, 0.29) is 5.41 Å². The SMILES string of the molecule is CC1CC(C)CN(c2cc(N3CCCC3)nc(NC(=S)NCC3(c4ccccc4)CCCC3)n2)C1. The topological polar surface area (TPSA) is 56.3 Å². The third-order valence-electron chi connectivity index (χ3n) is 8.08. The van der Waals surface area contributed by atoms with Gasteiger partial charge in [-0.15, -0.1) is 0 Å². The summed E-state index contributed by atoms with van der Waals surface area (Å²) < 4.78 is 0. The number of hydrogen-bond acceptors (Lipinski definition) is 5. The van der Waals surface area contributed by atoms with Gasteiger partial charge in [0.25, 0.3) is 0 Å². The first-order valence-electron chi connectivity index (χ1n) is 13.5. The van der Waals surface area contributed by atoms with Gasteiger partial charge in [0.15, 0.2) is 5.11 Å². The van der Waals surface area contributed by atoms with E-state index >= 15 is 0 Å². The predicted molar refractivity (Wildman–Crippen MR) is 149 cm³/mol. The number of benzene rings is 1. The van der Waals surface area contributed by atoms with E-state index in [4.69, 9.17) is 22.2 Å². The smallest absolute Gasteiger partial charge is 0.232 e. The number of hydrogen-bond donors (Lipinski definition) is 2. The Bertz CT molecular complexity index is 990. The first-order valence-corrected chi connectivity index (χ1v) is 13.9. The van der Waals surface area contributed by atoms with Crippen molar-refractivity contribution in [1.29, 1.82) is 0 Å². The fraction of sp³-hybridized carbons (Fsp3) is 0.607. The van der Waals surface area contributed by atoms with Crippen LogP contribution in [0.15, 0.2) is 36.4 Å². The zero-order valence-corrected chi connectivity index (χ0v) is 22.1. The van der Waals surface area contributed by atoms with Crippen molar-refractivity contribution in [1.82, 2.24) is 15.3 Å². The van der Waals surface area contributed by atoms with Crippen LogP contribution >= 0.6 is 12.2 Å². The van der Waals surface area contributed by atoms with Crippen molar-refractivity contribution in [2.24, 2.45) is 11.8 Å². The molecule has 2 saturated heterocycles. The van der Waals surface area contributed by atoms with Crippen LogP contribution < -0.4 is 20.4 Å². The van der Waals surface area contributed by atoms with E-state index in [0.29, 0.717) is 22.9 Å². The number of thiocarbonyl (C=S) groups is 1. The molecule has 6 nitrogen and oxygen atoms in total. The Labute approximate surface area is 215 Å². The molecule has 2 aromatic rings. The maximum atomic E-state index is 5.76. The molecule has 1 aromatic carbocycles. The van der Waals surface area contributed by atoms with Crippen LogP contribution in [0.2, 0.25) is 0 Å². The van der Waals surface area contributed by atoms with E-state index in [1.165, 1.54) is 50.5 Å². The summed E-state index contributed by atoms with van der Waals surface area (Å²) in [6, 6.07) is 13.1. The average molecular weight is 493 g/mol. The van der Waals surface area contributed by atoms with Gasteiger partial charge < -0.3 is 20.4 Å². The standard InChI is InChI=1S/C28H40N6S/c1-21-16-22(2)19-34(18-21)25-17-24(33-14-8-9-15-33)30-26(31-25)32-27(35)29-20-28(12-6-7-13-28)23-10-4-3-5-11-23/h3-5,10-11,17,21-22H,6-9,12-16,18-20H2,1-2H3,(H2,29,30,31,32,35). The van der Waals surface area contributed by atoms with Crippen molar-refractivity contribution in [3.05, 3.63) is 42.0 Å². The lowest BCUT2D eigenvalue weighted by Gasteiger charge is -2.36. The zero-order chi connectivity index (χ0) is 24.3.